The van der Waals surface area contributed by atoms with E-state index in [9.17, 15) is 4.79 Å². The Morgan fingerprint density at radius 3 is 2.59 bits per heavy atom. The number of ketones is 1. The molecule has 0 radical (unpaired) electrons. The van der Waals surface area contributed by atoms with Gasteiger partial charge < -0.3 is 13.9 Å². The lowest BCUT2D eigenvalue weighted by molar-refractivity contribution is 0.101. The number of Topliss-reactive ketones (excluding diaryl/α,β-unsaturated/α-hetero) is 1. The van der Waals surface area contributed by atoms with Crippen molar-refractivity contribution >= 4 is 29.1 Å². The molecular formula is C21H25ClN4O2S. The van der Waals surface area contributed by atoms with Gasteiger partial charge in [-0.2, -0.15) is 0 Å². The van der Waals surface area contributed by atoms with E-state index >= 15 is 0 Å². The van der Waals surface area contributed by atoms with Crippen LogP contribution in [-0.2, 0) is 13.7 Å². The molecule has 0 atom stereocenters. The number of carbonyl (C=O) groups excluding carboxylic acids is 1. The Morgan fingerprint density at radius 2 is 1.93 bits per heavy atom. The number of rotatable bonds is 10. The second-order valence-electron chi connectivity index (χ2n) is 6.67. The fourth-order valence-corrected chi connectivity index (χ4v) is 4.27. The zero-order valence-electron chi connectivity index (χ0n) is 16.8. The number of carbonyl (C=O) groups is 1. The van der Waals surface area contributed by atoms with Gasteiger partial charge in [0.05, 0.1) is 16.5 Å². The molecule has 0 spiro atoms. The van der Waals surface area contributed by atoms with E-state index in [1.54, 1.807) is 6.07 Å². The summed E-state index contributed by atoms with van der Waals surface area (Å²) in [5.41, 5.74) is 0.688. The number of benzene rings is 1. The summed E-state index contributed by atoms with van der Waals surface area (Å²) in [5, 5.41) is 9.99. The van der Waals surface area contributed by atoms with Gasteiger partial charge in [-0.1, -0.05) is 49.3 Å². The van der Waals surface area contributed by atoms with Gasteiger partial charge >= 0.3 is 0 Å². The molecule has 6 nitrogen and oxygen atoms in total. The molecule has 0 aliphatic carbocycles. The first-order valence-electron chi connectivity index (χ1n) is 9.63. The van der Waals surface area contributed by atoms with Crippen LogP contribution in [-0.4, -0.2) is 30.9 Å². The Hall–Kier alpha value is -2.25. The van der Waals surface area contributed by atoms with E-state index in [2.05, 4.69) is 28.6 Å². The van der Waals surface area contributed by atoms with Crippen LogP contribution in [0, 0.1) is 0 Å². The van der Waals surface area contributed by atoms with Gasteiger partial charge in [0, 0.05) is 19.3 Å². The van der Waals surface area contributed by atoms with Crippen LogP contribution in [0.5, 0.6) is 5.75 Å². The molecular weight excluding hydrogens is 408 g/mol. The van der Waals surface area contributed by atoms with E-state index < -0.39 is 0 Å². The summed E-state index contributed by atoms with van der Waals surface area (Å²) in [6, 6.07) is 11.3. The van der Waals surface area contributed by atoms with Crippen LogP contribution in [0.3, 0.4) is 0 Å². The standard InChI is InChI=1S/C21H25ClN4O2S/c1-4-15(5-2)26-20(13-28-19-11-7-6-9-16(19)22)23-24-21(26)29-14-18(27)17-10-8-12-25(17)3/h6-12,15H,4-5,13-14H2,1-3H3. The SMILES string of the molecule is CCC(CC)n1c(COc2ccccc2Cl)nnc1SCC(=O)c1cccn1C. The third-order valence-electron chi connectivity index (χ3n) is 4.80. The fraction of sp³-hybridized carbons (Fsp3) is 0.381. The summed E-state index contributed by atoms with van der Waals surface area (Å²) in [6.07, 6.45) is 3.74. The van der Waals surface area contributed by atoms with Gasteiger partial charge in [-0.3, -0.25) is 4.79 Å². The maximum atomic E-state index is 12.5. The van der Waals surface area contributed by atoms with Crippen molar-refractivity contribution in [3.63, 3.8) is 0 Å². The van der Waals surface area contributed by atoms with Gasteiger partial charge in [-0.25, -0.2) is 0 Å². The number of ether oxygens (including phenoxy) is 1. The predicted molar refractivity (Wildman–Crippen MR) is 116 cm³/mol. The minimum absolute atomic E-state index is 0.0652. The second kappa shape index (κ2) is 9.98. The molecule has 0 aliphatic heterocycles. The van der Waals surface area contributed by atoms with Crippen LogP contribution in [0.15, 0.2) is 47.8 Å². The highest BCUT2D eigenvalue weighted by atomic mass is 35.5. The molecule has 0 saturated carbocycles. The van der Waals surface area contributed by atoms with Crippen molar-refractivity contribution in [1.29, 1.82) is 0 Å². The third kappa shape index (κ3) is 5.03. The first-order chi connectivity index (χ1) is 14.0. The minimum Gasteiger partial charge on any atom is -0.484 e. The number of halogens is 1. The van der Waals surface area contributed by atoms with Gasteiger partial charge in [-0.05, 0) is 37.1 Å². The van der Waals surface area contributed by atoms with Gasteiger partial charge in [0.2, 0.25) is 0 Å². The monoisotopic (exact) mass is 432 g/mol. The summed E-state index contributed by atoms with van der Waals surface area (Å²) < 4.78 is 9.81. The number of thioether (sulfide) groups is 1. The zero-order valence-corrected chi connectivity index (χ0v) is 18.4. The van der Waals surface area contributed by atoms with Crippen LogP contribution in [0.4, 0.5) is 0 Å². The predicted octanol–water partition coefficient (Wildman–Crippen LogP) is 5.19. The Bertz CT molecular complexity index is 965. The molecule has 29 heavy (non-hydrogen) atoms. The van der Waals surface area contributed by atoms with Crippen molar-refractivity contribution in [2.24, 2.45) is 7.05 Å². The highest BCUT2D eigenvalue weighted by Gasteiger charge is 2.21. The molecule has 2 aromatic heterocycles. The topological polar surface area (TPSA) is 61.9 Å². The Balaban J connectivity index is 1.77. The quantitative estimate of drug-likeness (QED) is 0.326. The lowest BCUT2D eigenvalue weighted by Gasteiger charge is -2.19. The van der Waals surface area contributed by atoms with Gasteiger partial charge in [0.25, 0.3) is 0 Å². The summed E-state index contributed by atoms with van der Waals surface area (Å²) in [5.74, 6) is 1.71. The molecule has 0 N–H and O–H groups in total. The van der Waals surface area contributed by atoms with Crippen molar-refractivity contribution in [3.05, 3.63) is 59.1 Å². The normalized spacial score (nSPS) is 11.2. The van der Waals surface area contributed by atoms with E-state index in [-0.39, 0.29) is 18.4 Å². The average molecular weight is 433 g/mol. The molecule has 1 aromatic carbocycles. The first-order valence-corrected chi connectivity index (χ1v) is 11.0. The number of aromatic nitrogens is 4. The van der Waals surface area contributed by atoms with Crippen LogP contribution in [0.1, 0.15) is 49.0 Å². The molecule has 0 saturated heterocycles. The molecule has 2 heterocycles. The molecule has 3 aromatic rings. The minimum atomic E-state index is 0.0652. The lowest BCUT2D eigenvalue weighted by Crippen LogP contribution is -2.15. The maximum Gasteiger partial charge on any atom is 0.192 e. The third-order valence-corrected chi connectivity index (χ3v) is 6.05. The van der Waals surface area contributed by atoms with Gasteiger partial charge in [0.1, 0.15) is 12.4 Å². The molecule has 3 rings (SSSR count). The molecule has 0 amide bonds. The highest BCUT2D eigenvalue weighted by molar-refractivity contribution is 7.99. The Labute approximate surface area is 180 Å². The van der Waals surface area contributed by atoms with Crippen LogP contribution < -0.4 is 4.74 Å². The smallest absolute Gasteiger partial charge is 0.192 e. The summed E-state index contributed by atoms with van der Waals surface area (Å²) >= 11 is 7.60. The first kappa shape index (κ1) is 21.5. The van der Waals surface area contributed by atoms with E-state index in [4.69, 9.17) is 16.3 Å². The average Bonchev–Trinajstić information content (AvgIpc) is 3.33. The number of nitrogens with zero attached hydrogens (tertiary/aromatic N) is 4. The van der Waals surface area contributed by atoms with Crippen molar-refractivity contribution < 1.29 is 9.53 Å². The summed E-state index contributed by atoms with van der Waals surface area (Å²) in [6.45, 7) is 4.53. The van der Waals surface area contributed by atoms with Crippen molar-refractivity contribution in [3.8, 4) is 5.75 Å². The summed E-state index contributed by atoms with van der Waals surface area (Å²) in [7, 11) is 1.87. The zero-order chi connectivity index (χ0) is 20.8. The van der Waals surface area contributed by atoms with Crippen LogP contribution in [0.2, 0.25) is 5.02 Å². The molecule has 154 valence electrons. The van der Waals surface area contributed by atoms with E-state index in [0.717, 1.165) is 23.8 Å². The maximum absolute atomic E-state index is 12.5. The van der Waals surface area contributed by atoms with Crippen molar-refractivity contribution in [2.75, 3.05) is 5.75 Å². The molecule has 0 bridgehead atoms. The molecule has 0 unspecified atom stereocenters. The summed E-state index contributed by atoms with van der Waals surface area (Å²) in [4.78, 5) is 12.5. The number of hydrogen-bond acceptors (Lipinski definition) is 5. The fourth-order valence-electron chi connectivity index (χ4n) is 3.18. The van der Waals surface area contributed by atoms with Crippen molar-refractivity contribution in [2.45, 2.75) is 44.5 Å². The Kier molecular flexibility index (Phi) is 7.39. The Morgan fingerprint density at radius 1 is 1.17 bits per heavy atom. The highest BCUT2D eigenvalue weighted by Crippen LogP contribution is 2.28. The lowest BCUT2D eigenvalue weighted by atomic mass is 10.2. The van der Waals surface area contributed by atoms with Gasteiger partial charge in [0.15, 0.2) is 16.8 Å². The van der Waals surface area contributed by atoms with E-state index in [1.807, 2.05) is 48.1 Å². The molecule has 0 aliphatic rings. The van der Waals surface area contributed by atoms with Crippen LogP contribution in [0.25, 0.3) is 0 Å². The molecule has 0 fully saturated rings. The number of aryl methyl sites for hydroxylation is 1. The number of hydrogen-bond donors (Lipinski definition) is 0. The second-order valence-corrected chi connectivity index (χ2v) is 8.02. The van der Waals surface area contributed by atoms with Gasteiger partial charge in [-0.15, -0.1) is 10.2 Å². The van der Waals surface area contributed by atoms with Crippen LogP contribution >= 0.6 is 23.4 Å². The largest absolute Gasteiger partial charge is 0.484 e. The number of para-hydroxylation sites is 1. The van der Waals surface area contributed by atoms with E-state index in [0.29, 0.717) is 22.2 Å². The molecule has 8 heteroatoms. The van der Waals surface area contributed by atoms with E-state index in [1.165, 1.54) is 11.8 Å². The van der Waals surface area contributed by atoms with Crippen molar-refractivity contribution in [1.82, 2.24) is 19.3 Å².